The van der Waals surface area contributed by atoms with E-state index in [0.29, 0.717) is 17.9 Å². The molecule has 1 aliphatic heterocycles. The van der Waals surface area contributed by atoms with E-state index in [-0.39, 0.29) is 17.9 Å². The summed E-state index contributed by atoms with van der Waals surface area (Å²) in [6, 6.07) is 8.39. The number of carbonyl (C=O) groups excluding carboxylic acids is 1. The van der Waals surface area contributed by atoms with E-state index >= 15 is 4.39 Å². The van der Waals surface area contributed by atoms with Crippen molar-refractivity contribution < 1.29 is 37.7 Å². The molecule has 0 saturated heterocycles. The van der Waals surface area contributed by atoms with Crippen LogP contribution in [0.5, 0.6) is 5.75 Å². The number of hydrogen-bond acceptors (Lipinski definition) is 4. The van der Waals surface area contributed by atoms with Gasteiger partial charge in [0.25, 0.3) is 12.4 Å². The highest BCUT2D eigenvalue weighted by molar-refractivity contribution is 6.07. The van der Waals surface area contributed by atoms with Crippen LogP contribution < -0.4 is 4.74 Å². The number of benzene rings is 3. The van der Waals surface area contributed by atoms with Crippen molar-refractivity contribution in [2.24, 2.45) is 0 Å². The molecule has 42 heavy (non-hydrogen) atoms. The Morgan fingerprint density at radius 2 is 1.69 bits per heavy atom. The Kier molecular flexibility index (Phi) is 10.2. The average molecular weight is 584 g/mol. The maximum atomic E-state index is 15.1. The van der Waals surface area contributed by atoms with Gasteiger partial charge in [-0.25, -0.2) is 13.2 Å². The molecule has 2 heterocycles. The van der Waals surface area contributed by atoms with Crippen LogP contribution in [0.15, 0.2) is 42.6 Å². The van der Waals surface area contributed by atoms with Crippen molar-refractivity contribution in [3.8, 4) is 16.9 Å². The SMILES string of the molecule is CC(C)(C)O.CCc1c(C)cc2c(ccn2C(=O)c2ccc(F)c(F)c2)c1-c1cc(F)c2c(c1C)CCCO2.O=CO. The number of aromatic nitrogens is 1. The normalized spacial score (nSPS) is 12.3. The fourth-order valence-electron chi connectivity index (χ4n) is 5.08. The predicted octanol–water partition coefficient (Wildman–Crippen LogP) is 7.40. The van der Waals surface area contributed by atoms with Crippen molar-refractivity contribution in [2.45, 2.75) is 66.4 Å². The zero-order valence-corrected chi connectivity index (χ0v) is 24.6. The first-order valence-corrected chi connectivity index (χ1v) is 13.6. The topological polar surface area (TPSA) is 88.8 Å². The summed E-state index contributed by atoms with van der Waals surface area (Å²) in [7, 11) is 0. The summed E-state index contributed by atoms with van der Waals surface area (Å²) in [5, 5.41) is 16.2. The second kappa shape index (κ2) is 13.2. The summed E-state index contributed by atoms with van der Waals surface area (Å²) < 4.78 is 49.3. The fourth-order valence-corrected chi connectivity index (χ4v) is 5.08. The Balaban J connectivity index is 0.000000540. The number of carboxylic acid groups (broad SMARTS) is 1. The monoisotopic (exact) mass is 583 g/mol. The molecule has 1 aliphatic rings. The zero-order chi connectivity index (χ0) is 31.4. The molecule has 0 fully saturated rings. The van der Waals surface area contributed by atoms with Gasteiger partial charge in [-0.15, -0.1) is 0 Å². The van der Waals surface area contributed by atoms with Crippen LogP contribution in [0.3, 0.4) is 0 Å². The molecule has 224 valence electrons. The van der Waals surface area contributed by atoms with Gasteiger partial charge in [-0.2, -0.15) is 0 Å². The third-order valence-electron chi connectivity index (χ3n) is 6.77. The second-order valence-corrected chi connectivity index (χ2v) is 11.0. The van der Waals surface area contributed by atoms with E-state index in [1.807, 2.05) is 32.9 Å². The molecule has 0 saturated carbocycles. The van der Waals surface area contributed by atoms with Gasteiger partial charge in [0.2, 0.25) is 0 Å². The van der Waals surface area contributed by atoms with Crippen LogP contribution >= 0.6 is 0 Å². The quantitative estimate of drug-likeness (QED) is 0.246. The number of aryl methyl sites for hydroxylation is 1. The summed E-state index contributed by atoms with van der Waals surface area (Å²) in [6.07, 6.45) is 3.94. The molecule has 0 bridgehead atoms. The smallest absolute Gasteiger partial charge is 0.290 e. The zero-order valence-electron chi connectivity index (χ0n) is 24.6. The fraction of sp³-hybridized carbons (Fsp3) is 0.333. The van der Waals surface area contributed by atoms with Gasteiger partial charge in [0.15, 0.2) is 23.2 Å². The number of carbonyl (C=O) groups is 2. The Bertz CT molecular complexity index is 1610. The molecule has 6 nitrogen and oxygen atoms in total. The Labute approximate surface area is 243 Å². The lowest BCUT2D eigenvalue weighted by Gasteiger charge is -2.24. The summed E-state index contributed by atoms with van der Waals surface area (Å²) in [5.74, 6) is -2.60. The second-order valence-electron chi connectivity index (χ2n) is 11.0. The molecule has 0 amide bonds. The molecule has 3 aromatic carbocycles. The third kappa shape index (κ3) is 7.02. The average Bonchev–Trinajstić information content (AvgIpc) is 3.34. The van der Waals surface area contributed by atoms with Crippen LogP contribution in [0.4, 0.5) is 13.2 Å². The summed E-state index contributed by atoms with van der Waals surface area (Å²) >= 11 is 0. The number of halogens is 3. The molecular weight excluding hydrogens is 547 g/mol. The van der Waals surface area contributed by atoms with Crippen LogP contribution in [0.1, 0.15) is 66.7 Å². The Morgan fingerprint density at radius 3 is 2.29 bits per heavy atom. The van der Waals surface area contributed by atoms with Crippen molar-refractivity contribution in [1.82, 2.24) is 4.57 Å². The van der Waals surface area contributed by atoms with Gasteiger partial charge in [-0.1, -0.05) is 6.92 Å². The number of aliphatic hydroxyl groups is 1. The van der Waals surface area contributed by atoms with E-state index < -0.39 is 23.1 Å². The Morgan fingerprint density at radius 1 is 1.05 bits per heavy atom. The number of hydrogen-bond donors (Lipinski definition) is 2. The summed E-state index contributed by atoms with van der Waals surface area (Å²) in [6.45, 7) is 11.5. The van der Waals surface area contributed by atoms with Crippen molar-refractivity contribution in [3.05, 3.63) is 87.9 Å². The highest BCUT2D eigenvalue weighted by Gasteiger charge is 2.25. The molecule has 0 spiro atoms. The van der Waals surface area contributed by atoms with Crippen LogP contribution in [0, 0.1) is 31.3 Å². The van der Waals surface area contributed by atoms with E-state index in [9.17, 15) is 13.6 Å². The van der Waals surface area contributed by atoms with E-state index in [0.717, 1.165) is 70.2 Å². The van der Waals surface area contributed by atoms with Crippen molar-refractivity contribution in [3.63, 3.8) is 0 Å². The van der Waals surface area contributed by atoms with Crippen LogP contribution in [0.25, 0.3) is 22.0 Å². The van der Waals surface area contributed by atoms with E-state index in [2.05, 4.69) is 0 Å². The number of fused-ring (bicyclic) bond motifs is 2. The molecule has 0 radical (unpaired) electrons. The van der Waals surface area contributed by atoms with Gasteiger partial charge < -0.3 is 14.9 Å². The van der Waals surface area contributed by atoms with E-state index in [1.165, 1.54) is 16.7 Å². The minimum Gasteiger partial charge on any atom is -0.490 e. The molecule has 0 unspecified atom stereocenters. The predicted molar refractivity (Wildman–Crippen MR) is 157 cm³/mol. The molecule has 9 heteroatoms. The minimum absolute atomic E-state index is 0.0447. The highest BCUT2D eigenvalue weighted by atomic mass is 19.2. The van der Waals surface area contributed by atoms with Gasteiger partial charge in [0.1, 0.15) is 0 Å². The molecule has 0 atom stereocenters. The molecule has 0 aliphatic carbocycles. The molecule has 5 rings (SSSR count). The van der Waals surface area contributed by atoms with E-state index in [4.69, 9.17) is 19.7 Å². The highest BCUT2D eigenvalue weighted by Crippen LogP contribution is 2.42. The number of ether oxygens (including phenoxy) is 1. The molecule has 2 N–H and O–H groups in total. The Hall–Kier alpha value is -4.11. The molecule has 4 aromatic rings. The van der Waals surface area contributed by atoms with Crippen molar-refractivity contribution in [1.29, 1.82) is 0 Å². The summed E-state index contributed by atoms with van der Waals surface area (Å²) in [4.78, 5) is 21.6. The molecular formula is C33H36F3NO5. The lowest BCUT2D eigenvalue weighted by molar-refractivity contribution is -0.122. The van der Waals surface area contributed by atoms with Gasteiger partial charge in [-0.05, 0) is 118 Å². The minimum atomic E-state index is -1.07. The maximum Gasteiger partial charge on any atom is 0.290 e. The first-order chi connectivity index (χ1) is 19.7. The van der Waals surface area contributed by atoms with Crippen molar-refractivity contribution >= 4 is 23.3 Å². The van der Waals surface area contributed by atoms with Gasteiger partial charge in [-0.3, -0.25) is 14.2 Å². The van der Waals surface area contributed by atoms with Crippen LogP contribution in [0.2, 0.25) is 0 Å². The number of nitrogens with zero attached hydrogens (tertiary/aromatic N) is 1. The first-order valence-electron chi connectivity index (χ1n) is 13.6. The lowest BCUT2D eigenvalue weighted by atomic mass is 9.86. The van der Waals surface area contributed by atoms with Crippen LogP contribution in [-0.4, -0.2) is 39.4 Å². The maximum absolute atomic E-state index is 15.1. The first kappa shape index (κ1) is 32.4. The molecule has 1 aromatic heterocycles. The largest absolute Gasteiger partial charge is 0.490 e. The van der Waals surface area contributed by atoms with Gasteiger partial charge in [0, 0.05) is 22.7 Å². The van der Waals surface area contributed by atoms with Crippen LogP contribution in [-0.2, 0) is 17.6 Å². The third-order valence-corrected chi connectivity index (χ3v) is 6.77. The van der Waals surface area contributed by atoms with E-state index in [1.54, 1.807) is 27.0 Å². The van der Waals surface area contributed by atoms with Gasteiger partial charge in [0.05, 0.1) is 17.7 Å². The lowest BCUT2D eigenvalue weighted by Crippen LogP contribution is -2.13. The van der Waals surface area contributed by atoms with Gasteiger partial charge >= 0.3 is 0 Å². The van der Waals surface area contributed by atoms with Crippen molar-refractivity contribution in [2.75, 3.05) is 6.61 Å². The number of rotatable bonds is 3. The summed E-state index contributed by atoms with van der Waals surface area (Å²) in [5.41, 5.74) is 5.75. The standard InChI is InChI=1S/C28H24F3NO2.C4H10O.CH2O2/c1-4-18-15(2)12-25-20(9-10-32(25)28(33)17-7-8-22(29)23(30)13-17)26(18)21-14-24(31)27-19(16(21)3)6-5-11-34-27;1-4(2,3)5;2-1-3/h7-10,12-14H,4-6,11H2,1-3H3;5H,1-3H3;1H,(H,2,3).